The molecule has 0 unspecified atom stereocenters. The summed E-state index contributed by atoms with van der Waals surface area (Å²) in [6.45, 7) is 1.96. The van der Waals surface area contributed by atoms with E-state index in [1.165, 1.54) is 28.5 Å². The van der Waals surface area contributed by atoms with E-state index in [0.29, 0.717) is 10.4 Å². The minimum absolute atomic E-state index is 0.00960. The molecule has 5 nitrogen and oxygen atoms in total. The Balaban J connectivity index is 2.19. The van der Waals surface area contributed by atoms with E-state index >= 15 is 0 Å². The van der Waals surface area contributed by atoms with Gasteiger partial charge in [0.2, 0.25) is 0 Å². The molecule has 0 saturated heterocycles. The van der Waals surface area contributed by atoms with E-state index < -0.39 is 17.6 Å². The van der Waals surface area contributed by atoms with Gasteiger partial charge in [0.05, 0.1) is 17.6 Å². The normalized spacial score (nSPS) is 10.7. The number of halogens is 2. The summed E-state index contributed by atoms with van der Waals surface area (Å²) in [6, 6.07) is 3.36. The molecule has 0 fully saturated rings. The number of rotatable bonds is 8. The number of aromatic nitrogens is 1. The van der Waals surface area contributed by atoms with Gasteiger partial charge in [0.25, 0.3) is 5.91 Å². The lowest BCUT2D eigenvalue weighted by atomic mass is 10.2. The SMILES string of the molecule is CCCc1ncc(C(=O)N(CCC(=O)O)Cc2ccc(F)c(F)c2)s1. The molecule has 2 aromatic rings. The number of carbonyl (C=O) groups excluding carboxylic acids is 1. The van der Waals surface area contributed by atoms with Crippen LogP contribution in [0.4, 0.5) is 8.78 Å². The number of amides is 1. The number of carbonyl (C=O) groups is 2. The third-order valence-electron chi connectivity index (χ3n) is 3.47. The van der Waals surface area contributed by atoms with E-state index in [1.54, 1.807) is 0 Å². The number of aliphatic carboxylic acids is 1. The van der Waals surface area contributed by atoms with Crippen LogP contribution in [-0.4, -0.2) is 33.4 Å². The first-order valence-electron chi connectivity index (χ1n) is 7.80. The molecule has 0 atom stereocenters. The molecule has 0 spiro atoms. The Hall–Kier alpha value is -2.35. The molecule has 134 valence electrons. The smallest absolute Gasteiger partial charge is 0.305 e. The average Bonchev–Trinajstić information content (AvgIpc) is 3.03. The summed E-state index contributed by atoms with van der Waals surface area (Å²) in [5.74, 6) is -3.39. The van der Waals surface area contributed by atoms with Crippen molar-refractivity contribution in [1.29, 1.82) is 0 Å². The lowest BCUT2D eigenvalue weighted by Gasteiger charge is -2.21. The molecule has 2 rings (SSSR count). The monoisotopic (exact) mass is 368 g/mol. The van der Waals surface area contributed by atoms with Gasteiger partial charge in [-0.05, 0) is 30.5 Å². The zero-order chi connectivity index (χ0) is 18.4. The van der Waals surface area contributed by atoms with Crippen LogP contribution in [0.15, 0.2) is 24.4 Å². The van der Waals surface area contributed by atoms with Gasteiger partial charge >= 0.3 is 5.97 Å². The second-order valence-electron chi connectivity index (χ2n) is 5.49. The van der Waals surface area contributed by atoms with Crippen LogP contribution in [0.3, 0.4) is 0 Å². The first-order valence-corrected chi connectivity index (χ1v) is 8.62. The maximum Gasteiger partial charge on any atom is 0.305 e. The fourth-order valence-corrected chi connectivity index (χ4v) is 3.22. The van der Waals surface area contributed by atoms with Crippen LogP contribution in [0, 0.1) is 11.6 Å². The van der Waals surface area contributed by atoms with Crippen molar-refractivity contribution in [3.8, 4) is 0 Å². The largest absolute Gasteiger partial charge is 0.481 e. The van der Waals surface area contributed by atoms with Crippen molar-refractivity contribution < 1.29 is 23.5 Å². The third kappa shape index (κ3) is 5.32. The molecule has 0 aliphatic heterocycles. The summed E-state index contributed by atoms with van der Waals surface area (Å²) >= 11 is 1.26. The molecule has 0 aliphatic carbocycles. The number of hydrogen-bond donors (Lipinski definition) is 1. The van der Waals surface area contributed by atoms with Gasteiger partial charge < -0.3 is 10.0 Å². The van der Waals surface area contributed by atoms with Crippen molar-refractivity contribution >= 4 is 23.2 Å². The van der Waals surface area contributed by atoms with Crippen LogP contribution in [0.25, 0.3) is 0 Å². The summed E-state index contributed by atoms with van der Waals surface area (Å²) < 4.78 is 26.4. The Morgan fingerprint density at radius 2 is 2.04 bits per heavy atom. The Labute approximate surface area is 147 Å². The second-order valence-corrected chi connectivity index (χ2v) is 6.60. The van der Waals surface area contributed by atoms with Crippen molar-refractivity contribution in [2.24, 2.45) is 0 Å². The van der Waals surface area contributed by atoms with Crippen LogP contribution in [0.2, 0.25) is 0 Å². The predicted octanol–water partition coefficient (Wildman–Crippen LogP) is 3.49. The fourth-order valence-electron chi connectivity index (χ4n) is 2.24. The molecule has 1 aromatic carbocycles. The summed E-state index contributed by atoms with van der Waals surface area (Å²) in [7, 11) is 0. The topological polar surface area (TPSA) is 70.5 Å². The van der Waals surface area contributed by atoms with Crippen molar-refractivity contribution in [3.05, 3.63) is 51.5 Å². The highest BCUT2D eigenvalue weighted by molar-refractivity contribution is 7.13. The molecule has 0 saturated carbocycles. The van der Waals surface area contributed by atoms with E-state index in [4.69, 9.17) is 5.11 Å². The number of carboxylic acid groups (broad SMARTS) is 1. The highest BCUT2D eigenvalue weighted by atomic mass is 32.1. The summed E-state index contributed by atoms with van der Waals surface area (Å²) in [4.78, 5) is 29.4. The molecule has 25 heavy (non-hydrogen) atoms. The van der Waals surface area contributed by atoms with Crippen molar-refractivity contribution in [2.45, 2.75) is 32.7 Å². The first-order chi connectivity index (χ1) is 11.9. The number of thiazole rings is 1. The third-order valence-corrected chi connectivity index (χ3v) is 4.51. The van der Waals surface area contributed by atoms with Gasteiger partial charge in [-0.2, -0.15) is 0 Å². The minimum atomic E-state index is -1.04. The van der Waals surface area contributed by atoms with Gasteiger partial charge in [0.1, 0.15) is 4.88 Å². The number of aryl methyl sites for hydroxylation is 1. The van der Waals surface area contributed by atoms with E-state index in [-0.39, 0.29) is 25.4 Å². The van der Waals surface area contributed by atoms with Crippen LogP contribution >= 0.6 is 11.3 Å². The van der Waals surface area contributed by atoms with Gasteiger partial charge in [-0.1, -0.05) is 13.0 Å². The molecule has 1 amide bonds. The van der Waals surface area contributed by atoms with Crippen LogP contribution < -0.4 is 0 Å². The zero-order valence-electron chi connectivity index (χ0n) is 13.7. The van der Waals surface area contributed by atoms with E-state index in [9.17, 15) is 18.4 Å². The lowest BCUT2D eigenvalue weighted by Crippen LogP contribution is -2.32. The predicted molar refractivity (Wildman–Crippen MR) is 89.5 cm³/mol. The number of carboxylic acids is 1. The lowest BCUT2D eigenvalue weighted by molar-refractivity contribution is -0.137. The summed E-state index contributed by atoms with van der Waals surface area (Å²) in [6.07, 6.45) is 2.89. The minimum Gasteiger partial charge on any atom is -0.481 e. The Bertz CT molecular complexity index is 764. The molecule has 1 heterocycles. The van der Waals surface area contributed by atoms with Crippen molar-refractivity contribution in [3.63, 3.8) is 0 Å². The Morgan fingerprint density at radius 1 is 1.28 bits per heavy atom. The number of nitrogens with zero attached hydrogens (tertiary/aromatic N) is 2. The molecular formula is C17H18F2N2O3S. The van der Waals surface area contributed by atoms with Crippen LogP contribution in [-0.2, 0) is 17.8 Å². The molecule has 0 bridgehead atoms. The van der Waals surface area contributed by atoms with E-state index in [1.807, 2.05) is 6.92 Å². The molecule has 0 aliphatic rings. The van der Waals surface area contributed by atoms with Gasteiger partial charge in [-0.25, -0.2) is 13.8 Å². The highest BCUT2D eigenvalue weighted by Gasteiger charge is 2.20. The van der Waals surface area contributed by atoms with Crippen molar-refractivity contribution in [2.75, 3.05) is 6.54 Å². The van der Waals surface area contributed by atoms with Crippen molar-refractivity contribution in [1.82, 2.24) is 9.88 Å². The molecule has 1 aromatic heterocycles. The summed E-state index contributed by atoms with van der Waals surface area (Å²) in [5.41, 5.74) is 0.385. The average molecular weight is 368 g/mol. The molecule has 0 radical (unpaired) electrons. The van der Waals surface area contributed by atoms with Crippen LogP contribution in [0.1, 0.15) is 40.0 Å². The molecular weight excluding hydrogens is 350 g/mol. The number of benzene rings is 1. The van der Waals surface area contributed by atoms with E-state index in [0.717, 1.165) is 30.0 Å². The maximum atomic E-state index is 13.4. The zero-order valence-corrected chi connectivity index (χ0v) is 14.5. The first kappa shape index (κ1) is 19.0. The molecule has 8 heteroatoms. The van der Waals surface area contributed by atoms with Gasteiger partial charge in [-0.3, -0.25) is 9.59 Å². The number of hydrogen-bond acceptors (Lipinski definition) is 4. The Morgan fingerprint density at radius 3 is 2.68 bits per heavy atom. The fraction of sp³-hybridized carbons (Fsp3) is 0.353. The van der Waals surface area contributed by atoms with Crippen LogP contribution in [0.5, 0.6) is 0 Å². The highest BCUT2D eigenvalue weighted by Crippen LogP contribution is 2.19. The Kier molecular flexibility index (Phi) is 6.58. The second kappa shape index (κ2) is 8.66. The van der Waals surface area contributed by atoms with E-state index in [2.05, 4.69) is 4.98 Å². The van der Waals surface area contributed by atoms with Gasteiger partial charge in [-0.15, -0.1) is 11.3 Å². The van der Waals surface area contributed by atoms with Gasteiger partial charge in [0.15, 0.2) is 11.6 Å². The summed E-state index contributed by atoms with van der Waals surface area (Å²) in [5, 5.41) is 9.71. The quantitative estimate of drug-likeness (QED) is 0.774. The molecule has 1 N–H and O–H groups in total. The maximum absolute atomic E-state index is 13.4. The standard InChI is InChI=1S/C17H18F2N2O3S/c1-2-3-15-20-9-14(25-15)17(24)21(7-6-16(22)23)10-11-4-5-12(18)13(19)8-11/h4-5,8-9H,2-3,6-7,10H2,1H3,(H,22,23). The van der Waals surface area contributed by atoms with Gasteiger partial charge in [0, 0.05) is 13.1 Å².